The van der Waals surface area contributed by atoms with Crippen LogP contribution in [-0.4, -0.2) is 38.9 Å². The molecule has 3 atom stereocenters. The summed E-state index contributed by atoms with van der Waals surface area (Å²) >= 11 is 1.37. The highest BCUT2D eigenvalue weighted by Gasteiger charge is 2.44. The molecule has 154 valence electrons. The number of nitrogens with zero attached hydrogens (tertiary/aromatic N) is 3. The number of amides is 1. The summed E-state index contributed by atoms with van der Waals surface area (Å²) in [7, 11) is 0. The van der Waals surface area contributed by atoms with E-state index in [2.05, 4.69) is 55.4 Å². The molecular formula is C21H21FN6OS. The van der Waals surface area contributed by atoms with Gasteiger partial charge in [0, 0.05) is 18.1 Å². The van der Waals surface area contributed by atoms with E-state index in [-0.39, 0.29) is 35.7 Å². The Morgan fingerprint density at radius 3 is 2.77 bits per heavy atom. The Labute approximate surface area is 178 Å². The number of halogens is 1. The van der Waals surface area contributed by atoms with Gasteiger partial charge in [0.1, 0.15) is 12.0 Å². The number of hydrazine groups is 1. The molecule has 1 fully saturated rings. The number of anilines is 1. The van der Waals surface area contributed by atoms with Crippen LogP contribution in [0, 0.1) is 5.82 Å². The van der Waals surface area contributed by atoms with Crippen LogP contribution >= 0.6 is 11.8 Å². The first kappa shape index (κ1) is 19.0. The molecule has 0 radical (unpaired) electrons. The Kier molecular flexibility index (Phi) is 5.06. The van der Waals surface area contributed by atoms with Gasteiger partial charge < -0.3 is 15.2 Å². The average Bonchev–Trinajstić information content (AvgIpc) is 3.38. The van der Waals surface area contributed by atoms with Crippen LogP contribution < -0.4 is 16.2 Å². The van der Waals surface area contributed by atoms with Crippen molar-refractivity contribution in [3.8, 4) is 0 Å². The molecule has 30 heavy (non-hydrogen) atoms. The molecule has 3 aliphatic rings. The third-order valence-electron chi connectivity index (χ3n) is 5.37. The van der Waals surface area contributed by atoms with Crippen molar-refractivity contribution in [2.75, 3.05) is 11.1 Å². The number of hydrogen-bond acceptors (Lipinski definition) is 7. The van der Waals surface area contributed by atoms with Crippen molar-refractivity contribution >= 4 is 28.5 Å². The van der Waals surface area contributed by atoms with Gasteiger partial charge in [-0.1, -0.05) is 42.1 Å². The Hall–Kier alpha value is -3.04. The molecule has 1 saturated heterocycles. The first-order chi connectivity index (χ1) is 14.7. The highest BCUT2D eigenvalue weighted by Crippen LogP contribution is 2.34. The van der Waals surface area contributed by atoms with E-state index in [0.29, 0.717) is 5.69 Å². The predicted octanol–water partition coefficient (Wildman–Crippen LogP) is 2.80. The summed E-state index contributed by atoms with van der Waals surface area (Å²) in [6, 6.07) is 16.6. The summed E-state index contributed by atoms with van der Waals surface area (Å²) in [4.78, 5) is 14.3. The number of hydrazone groups is 1. The van der Waals surface area contributed by atoms with E-state index >= 15 is 0 Å². The van der Waals surface area contributed by atoms with Gasteiger partial charge in [-0.15, -0.1) is 0 Å². The van der Waals surface area contributed by atoms with E-state index in [1.54, 1.807) is 12.1 Å². The molecule has 2 aromatic rings. The Balaban J connectivity index is 1.18. The highest BCUT2D eigenvalue weighted by molar-refractivity contribution is 8.14. The number of benzene rings is 2. The average molecular weight is 425 g/mol. The van der Waals surface area contributed by atoms with Crippen molar-refractivity contribution in [1.82, 2.24) is 20.8 Å². The van der Waals surface area contributed by atoms with E-state index in [0.717, 1.165) is 11.6 Å². The van der Waals surface area contributed by atoms with E-state index in [9.17, 15) is 9.18 Å². The molecule has 0 saturated carbocycles. The topological polar surface area (TPSA) is 72.0 Å². The second-order valence-electron chi connectivity index (χ2n) is 7.32. The fourth-order valence-electron chi connectivity index (χ4n) is 3.91. The summed E-state index contributed by atoms with van der Waals surface area (Å²) in [5.74, 6) is -0.275. The molecule has 2 aromatic carbocycles. The maximum Gasteiger partial charge on any atom is 0.234 e. The zero-order chi connectivity index (χ0) is 20.5. The minimum absolute atomic E-state index is 0.0128. The van der Waals surface area contributed by atoms with Gasteiger partial charge in [-0.25, -0.2) is 9.82 Å². The van der Waals surface area contributed by atoms with Crippen LogP contribution in [0.3, 0.4) is 0 Å². The van der Waals surface area contributed by atoms with Crippen LogP contribution in [0.5, 0.6) is 0 Å². The number of rotatable bonds is 4. The minimum Gasteiger partial charge on any atom is -0.325 e. The minimum atomic E-state index is -0.332. The van der Waals surface area contributed by atoms with Crippen molar-refractivity contribution in [1.29, 1.82) is 0 Å². The van der Waals surface area contributed by atoms with Gasteiger partial charge in [-0.05, 0) is 36.2 Å². The fraction of sp³-hybridized carbons (Fsp3) is 0.238. The van der Waals surface area contributed by atoms with Gasteiger partial charge in [0.25, 0.3) is 0 Å². The van der Waals surface area contributed by atoms with Gasteiger partial charge in [0.15, 0.2) is 5.17 Å². The predicted molar refractivity (Wildman–Crippen MR) is 115 cm³/mol. The van der Waals surface area contributed by atoms with Crippen LogP contribution in [0.1, 0.15) is 18.0 Å². The highest BCUT2D eigenvalue weighted by atomic mass is 32.2. The molecule has 3 unspecified atom stereocenters. The third-order valence-corrected chi connectivity index (χ3v) is 6.33. The van der Waals surface area contributed by atoms with Crippen LogP contribution in [0.4, 0.5) is 10.1 Å². The lowest BCUT2D eigenvalue weighted by Gasteiger charge is -2.36. The Morgan fingerprint density at radius 2 is 1.97 bits per heavy atom. The van der Waals surface area contributed by atoms with Gasteiger partial charge >= 0.3 is 0 Å². The van der Waals surface area contributed by atoms with Crippen molar-refractivity contribution in [2.45, 2.75) is 24.7 Å². The molecule has 9 heteroatoms. The summed E-state index contributed by atoms with van der Waals surface area (Å²) in [6.07, 6.45) is 4.96. The lowest BCUT2D eigenvalue weighted by Crippen LogP contribution is -2.54. The van der Waals surface area contributed by atoms with Crippen molar-refractivity contribution in [3.63, 3.8) is 0 Å². The molecule has 5 rings (SSSR count). The molecule has 0 bridgehead atoms. The van der Waals surface area contributed by atoms with E-state index in [4.69, 9.17) is 0 Å². The van der Waals surface area contributed by atoms with Gasteiger partial charge in [0.2, 0.25) is 5.91 Å². The first-order valence-electron chi connectivity index (χ1n) is 9.75. The molecule has 7 nitrogen and oxygen atoms in total. The molecule has 3 heterocycles. The number of amidine groups is 1. The summed E-state index contributed by atoms with van der Waals surface area (Å²) in [5.41, 5.74) is 8.60. The van der Waals surface area contributed by atoms with E-state index < -0.39 is 0 Å². The molecule has 1 amide bonds. The second-order valence-corrected chi connectivity index (χ2v) is 8.26. The first-order valence-corrected chi connectivity index (χ1v) is 10.7. The van der Waals surface area contributed by atoms with E-state index in [1.165, 1.54) is 29.5 Å². The maximum absolute atomic E-state index is 13.0. The van der Waals surface area contributed by atoms with Crippen LogP contribution in [0.2, 0.25) is 0 Å². The zero-order valence-electron chi connectivity index (χ0n) is 16.0. The third kappa shape index (κ3) is 3.73. The van der Waals surface area contributed by atoms with Crippen molar-refractivity contribution in [2.24, 2.45) is 5.10 Å². The van der Waals surface area contributed by atoms with Gasteiger partial charge in [0.05, 0.1) is 17.8 Å². The number of carbonyl (C=O) groups excluding carboxylic acids is 1. The molecule has 3 aliphatic heterocycles. The largest absolute Gasteiger partial charge is 0.325 e. The smallest absolute Gasteiger partial charge is 0.234 e. The Bertz CT molecular complexity index is 983. The van der Waals surface area contributed by atoms with Crippen LogP contribution in [0.15, 0.2) is 72.1 Å². The van der Waals surface area contributed by atoms with Crippen molar-refractivity contribution in [3.05, 3.63) is 78.4 Å². The molecule has 0 spiro atoms. The SMILES string of the molecule is O=C(CSC1=NNC2C3CC(c4ccccc4)NN3C=CN12)Nc1ccc(F)cc1. The lowest BCUT2D eigenvalue weighted by molar-refractivity contribution is -0.113. The Morgan fingerprint density at radius 1 is 1.17 bits per heavy atom. The molecule has 0 aromatic heterocycles. The van der Waals surface area contributed by atoms with Crippen LogP contribution in [0.25, 0.3) is 0 Å². The number of hydrogen-bond donors (Lipinski definition) is 3. The van der Waals surface area contributed by atoms with Gasteiger partial charge in [-0.3, -0.25) is 10.2 Å². The number of thioether (sulfide) groups is 1. The standard InChI is InChI=1S/C21H21FN6OS/c22-15-6-8-16(9-7-15)23-19(29)13-30-21-25-24-20-18-12-17(14-4-2-1-3-5-14)26-28(18)11-10-27(20)21/h1-11,17-18,20,24,26H,12-13H2,(H,23,29). The van der Waals surface area contributed by atoms with Crippen molar-refractivity contribution < 1.29 is 9.18 Å². The maximum atomic E-state index is 13.0. The second kappa shape index (κ2) is 8.00. The molecular weight excluding hydrogens is 403 g/mol. The van der Waals surface area contributed by atoms with E-state index in [1.807, 2.05) is 18.5 Å². The summed E-state index contributed by atoms with van der Waals surface area (Å²) in [5, 5.41) is 10.1. The summed E-state index contributed by atoms with van der Waals surface area (Å²) in [6.45, 7) is 0. The molecule has 0 aliphatic carbocycles. The van der Waals surface area contributed by atoms with Crippen LogP contribution in [-0.2, 0) is 4.79 Å². The zero-order valence-corrected chi connectivity index (χ0v) is 16.8. The number of fused-ring (bicyclic) bond motifs is 3. The number of nitrogens with one attached hydrogen (secondary N) is 3. The quantitative estimate of drug-likeness (QED) is 0.701. The fourth-order valence-corrected chi connectivity index (χ4v) is 4.69. The summed E-state index contributed by atoms with van der Waals surface area (Å²) < 4.78 is 13.0. The lowest BCUT2D eigenvalue weighted by atomic mass is 10.00. The van der Waals surface area contributed by atoms with Gasteiger partial charge in [-0.2, -0.15) is 5.10 Å². The molecule has 3 N–H and O–H groups in total. The number of carbonyl (C=O) groups is 1. The monoisotopic (exact) mass is 424 g/mol. The normalized spacial score (nSPS) is 24.2.